The van der Waals surface area contributed by atoms with Crippen LogP contribution >= 0.6 is 0 Å². The van der Waals surface area contributed by atoms with Crippen LogP contribution in [0.5, 0.6) is 11.5 Å². The van der Waals surface area contributed by atoms with Gasteiger partial charge in [-0.1, -0.05) is 24.3 Å². The van der Waals surface area contributed by atoms with Gasteiger partial charge in [-0.25, -0.2) is 4.98 Å². The predicted molar refractivity (Wildman–Crippen MR) is 115 cm³/mol. The lowest BCUT2D eigenvalue weighted by Crippen LogP contribution is -2.32. The molecule has 2 atom stereocenters. The van der Waals surface area contributed by atoms with Crippen molar-refractivity contribution in [1.29, 1.82) is 0 Å². The van der Waals surface area contributed by atoms with Crippen molar-refractivity contribution in [2.24, 2.45) is 7.05 Å². The fraction of sp³-hybridized carbons (Fsp3) is 0.333. The van der Waals surface area contributed by atoms with Gasteiger partial charge in [0.15, 0.2) is 0 Å². The molecule has 156 valence electrons. The van der Waals surface area contributed by atoms with Crippen LogP contribution < -0.4 is 14.8 Å². The number of aryl methyl sites for hydroxylation is 2. The van der Waals surface area contributed by atoms with Crippen molar-refractivity contribution in [3.8, 4) is 11.5 Å². The minimum Gasteiger partial charge on any atom is -0.497 e. The van der Waals surface area contributed by atoms with Crippen molar-refractivity contribution in [3.63, 3.8) is 0 Å². The topological polar surface area (TPSA) is 65.4 Å². The molecule has 3 aromatic rings. The zero-order valence-corrected chi connectivity index (χ0v) is 17.6. The van der Waals surface area contributed by atoms with Gasteiger partial charge in [0.25, 0.3) is 0 Å². The second-order valence-electron chi connectivity index (χ2n) is 7.68. The molecule has 0 spiro atoms. The largest absolute Gasteiger partial charge is 0.497 e. The molecule has 0 aliphatic heterocycles. The average molecular weight is 405 g/mol. The van der Waals surface area contributed by atoms with Crippen LogP contribution in [0.3, 0.4) is 0 Å². The number of imidazole rings is 1. The minimum atomic E-state index is -0.404. The molecule has 2 unspecified atom stereocenters. The first-order valence-corrected chi connectivity index (χ1v) is 10.2. The number of hydrogen-bond acceptors (Lipinski definition) is 4. The van der Waals surface area contributed by atoms with Crippen LogP contribution in [0.1, 0.15) is 47.3 Å². The summed E-state index contributed by atoms with van der Waals surface area (Å²) in [5, 5.41) is 3.20. The van der Waals surface area contributed by atoms with Gasteiger partial charge in [-0.3, -0.25) is 4.79 Å². The Kier molecular flexibility index (Phi) is 5.74. The van der Waals surface area contributed by atoms with Gasteiger partial charge in [-0.15, -0.1) is 0 Å². The molecule has 1 aromatic heterocycles. The van der Waals surface area contributed by atoms with Crippen LogP contribution in [0.4, 0.5) is 0 Å². The molecule has 0 bridgehead atoms. The van der Waals surface area contributed by atoms with Crippen molar-refractivity contribution in [2.45, 2.75) is 31.2 Å². The number of benzene rings is 2. The van der Waals surface area contributed by atoms with Crippen molar-refractivity contribution in [2.75, 3.05) is 14.2 Å². The smallest absolute Gasteiger partial charge is 0.221 e. The minimum absolute atomic E-state index is 0.00601. The molecule has 2 aromatic carbocycles. The molecule has 0 saturated carbocycles. The van der Waals surface area contributed by atoms with Crippen molar-refractivity contribution < 1.29 is 14.3 Å². The Morgan fingerprint density at radius 2 is 1.93 bits per heavy atom. The monoisotopic (exact) mass is 405 g/mol. The number of rotatable bonds is 7. The Balaban J connectivity index is 1.60. The molecular weight excluding hydrogens is 378 g/mol. The van der Waals surface area contributed by atoms with Crippen LogP contribution in [0.15, 0.2) is 54.9 Å². The SMILES string of the molecule is COc1cc(OC)cc(C(NC(=O)CC2CCc3ccccc32)c2nccn2C)c1. The predicted octanol–water partition coefficient (Wildman–Crippen LogP) is 3.76. The van der Waals surface area contributed by atoms with Gasteiger partial charge < -0.3 is 19.4 Å². The average Bonchev–Trinajstić information content (AvgIpc) is 3.38. The molecule has 1 aliphatic carbocycles. The van der Waals surface area contributed by atoms with Crippen molar-refractivity contribution in [3.05, 3.63) is 77.4 Å². The van der Waals surface area contributed by atoms with Crippen LogP contribution in [0.2, 0.25) is 0 Å². The van der Waals surface area contributed by atoms with E-state index in [9.17, 15) is 4.79 Å². The lowest BCUT2D eigenvalue weighted by Gasteiger charge is -2.21. The quantitative estimate of drug-likeness (QED) is 0.650. The third-order valence-electron chi connectivity index (χ3n) is 5.82. The molecule has 6 heteroatoms. The number of fused-ring (bicyclic) bond motifs is 1. The molecule has 0 radical (unpaired) electrons. The molecule has 0 fully saturated rings. The summed E-state index contributed by atoms with van der Waals surface area (Å²) in [6, 6.07) is 13.6. The standard InChI is InChI=1S/C24H27N3O3/c1-27-11-10-25-24(27)23(18-12-19(29-2)15-20(13-18)30-3)26-22(28)14-17-9-8-16-6-4-5-7-21(16)17/h4-7,10-13,15,17,23H,8-9,14H2,1-3H3,(H,26,28). The van der Waals surface area contributed by atoms with E-state index in [0.29, 0.717) is 17.9 Å². The zero-order valence-electron chi connectivity index (χ0n) is 17.6. The van der Waals surface area contributed by atoms with Crippen LogP contribution in [-0.4, -0.2) is 29.7 Å². The fourth-order valence-corrected chi connectivity index (χ4v) is 4.25. The number of ether oxygens (including phenoxy) is 2. The lowest BCUT2D eigenvalue weighted by atomic mass is 9.97. The number of methoxy groups -OCH3 is 2. The van der Waals surface area contributed by atoms with Gasteiger partial charge in [-0.05, 0) is 47.6 Å². The summed E-state index contributed by atoms with van der Waals surface area (Å²) in [5.41, 5.74) is 3.51. The Morgan fingerprint density at radius 1 is 1.20 bits per heavy atom. The number of hydrogen-bond donors (Lipinski definition) is 1. The molecule has 1 heterocycles. The molecule has 4 rings (SSSR count). The summed E-state index contributed by atoms with van der Waals surface area (Å²) in [6.07, 6.45) is 6.11. The summed E-state index contributed by atoms with van der Waals surface area (Å²) >= 11 is 0. The first-order chi connectivity index (χ1) is 14.6. The number of nitrogens with one attached hydrogen (secondary N) is 1. The number of carbonyl (C=O) groups excluding carboxylic acids is 1. The van der Waals surface area contributed by atoms with Gasteiger partial charge in [0.2, 0.25) is 5.91 Å². The Hall–Kier alpha value is -3.28. The first kappa shape index (κ1) is 20.0. The van der Waals surface area contributed by atoms with Gasteiger partial charge in [-0.2, -0.15) is 0 Å². The maximum atomic E-state index is 13.1. The number of aromatic nitrogens is 2. The highest BCUT2D eigenvalue weighted by molar-refractivity contribution is 5.78. The number of amides is 1. The first-order valence-electron chi connectivity index (χ1n) is 10.2. The summed E-state index contributed by atoms with van der Waals surface area (Å²) < 4.78 is 12.8. The summed E-state index contributed by atoms with van der Waals surface area (Å²) in [7, 11) is 5.15. The van der Waals surface area contributed by atoms with Gasteiger partial charge >= 0.3 is 0 Å². The highest BCUT2D eigenvalue weighted by Crippen LogP contribution is 2.36. The fourth-order valence-electron chi connectivity index (χ4n) is 4.25. The van der Waals surface area contributed by atoms with E-state index in [1.807, 2.05) is 42.1 Å². The van der Waals surface area contributed by atoms with E-state index in [-0.39, 0.29) is 11.8 Å². The van der Waals surface area contributed by atoms with Crippen LogP contribution in [0.25, 0.3) is 0 Å². The highest BCUT2D eigenvalue weighted by atomic mass is 16.5. The molecule has 6 nitrogen and oxygen atoms in total. The summed E-state index contributed by atoms with van der Waals surface area (Å²) in [4.78, 5) is 17.6. The van der Waals surface area contributed by atoms with E-state index in [1.165, 1.54) is 11.1 Å². The molecule has 1 amide bonds. The second kappa shape index (κ2) is 8.61. The third kappa shape index (κ3) is 4.03. The van der Waals surface area contributed by atoms with Crippen LogP contribution in [-0.2, 0) is 18.3 Å². The third-order valence-corrected chi connectivity index (χ3v) is 5.82. The van der Waals surface area contributed by atoms with E-state index >= 15 is 0 Å². The number of nitrogens with zero attached hydrogens (tertiary/aromatic N) is 2. The molecule has 30 heavy (non-hydrogen) atoms. The van der Waals surface area contributed by atoms with E-state index in [1.54, 1.807) is 20.4 Å². The Bertz CT molecular complexity index is 1020. The van der Waals surface area contributed by atoms with Crippen molar-refractivity contribution in [1.82, 2.24) is 14.9 Å². The van der Waals surface area contributed by atoms with Crippen LogP contribution in [0, 0.1) is 0 Å². The Labute approximate surface area is 176 Å². The second-order valence-corrected chi connectivity index (χ2v) is 7.68. The maximum Gasteiger partial charge on any atom is 0.221 e. The van der Waals surface area contributed by atoms with E-state index in [0.717, 1.165) is 24.2 Å². The normalized spacial score (nSPS) is 16.0. The Morgan fingerprint density at radius 3 is 2.60 bits per heavy atom. The van der Waals surface area contributed by atoms with E-state index < -0.39 is 6.04 Å². The maximum absolute atomic E-state index is 13.1. The van der Waals surface area contributed by atoms with Gasteiger partial charge in [0.1, 0.15) is 23.4 Å². The van der Waals surface area contributed by atoms with Gasteiger partial charge in [0.05, 0.1) is 14.2 Å². The van der Waals surface area contributed by atoms with E-state index in [4.69, 9.17) is 9.47 Å². The summed E-state index contributed by atoms with van der Waals surface area (Å²) in [6.45, 7) is 0. The molecule has 1 N–H and O–H groups in total. The number of carbonyl (C=O) groups is 1. The lowest BCUT2D eigenvalue weighted by molar-refractivity contribution is -0.122. The summed E-state index contributed by atoms with van der Waals surface area (Å²) in [5.74, 6) is 2.35. The zero-order chi connectivity index (χ0) is 21.1. The van der Waals surface area contributed by atoms with Crippen molar-refractivity contribution >= 4 is 5.91 Å². The molecular formula is C24H27N3O3. The highest BCUT2D eigenvalue weighted by Gasteiger charge is 2.27. The van der Waals surface area contributed by atoms with Gasteiger partial charge in [0, 0.05) is 31.9 Å². The molecule has 0 saturated heterocycles. The van der Waals surface area contributed by atoms with E-state index in [2.05, 4.69) is 28.5 Å². The molecule has 1 aliphatic rings.